The third-order valence-electron chi connectivity index (χ3n) is 2.00. The Bertz CT molecular complexity index is 718. The number of hydrogen-bond acceptors (Lipinski definition) is 6. The highest BCUT2D eigenvalue weighted by Gasteiger charge is 2.16. The molecule has 2 aromatic rings. The van der Waals surface area contributed by atoms with Gasteiger partial charge in [0.05, 0.1) is 26.2 Å². The van der Waals surface area contributed by atoms with E-state index in [0.717, 1.165) is 6.07 Å². The molecule has 0 radical (unpaired) electrons. The predicted octanol–water partition coefficient (Wildman–Crippen LogP) is 1.78. The van der Waals surface area contributed by atoms with Crippen molar-refractivity contribution in [3.63, 3.8) is 0 Å². The first kappa shape index (κ1) is 11.5. The van der Waals surface area contributed by atoms with Crippen molar-refractivity contribution in [1.29, 1.82) is 10.5 Å². The number of aromatic hydroxyl groups is 1. The summed E-state index contributed by atoms with van der Waals surface area (Å²) in [7, 11) is 0. The molecule has 84 valence electrons. The normalized spacial score (nSPS) is 10.0. The molecule has 0 aliphatic carbocycles. The minimum Gasteiger partial charge on any atom is -0.506 e. The molecule has 0 bridgehead atoms. The van der Waals surface area contributed by atoms with Crippen molar-refractivity contribution >= 4 is 33.3 Å². The van der Waals surface area contributed by atoms with E-state index >= 15 is 0 Å². The Morgan fingerprint density at radius 3 is 2.94 bits per heavy atom. The lowest BCUT2D eigenvalue weighted by Gasteiger charge is -1.92. The fourth-order valence-electron chi connectivity index (χ4n) is 1.36. The molecule has 0 aromatic carbocycles. The number of nitriles is 2. The van der Waals surface area contributed by atoms with Gasteiger partial charge >= 0.3 is 0 Å². The van der Waals surface area contributed by atoms with Gasteiger partial charge in [0.25, 0.3) is 5.56 Å². The minimum absolute atomic E-state index is 0.144. The first-order valence-corrected chi connectivity index (χ1v) is 6.26. The number of rotatable bonds is 2. The molecule has 2 N–H and O–H groups in total. The van der Waals surface area contributed by atoms with E-state index in [0.29, 0.717) is 20.0 Å². The molecular formula is C10H5N3O2S2. The van der Waals surface area contributed by atoms with Crippen LogP contribution in [0.25, 0.3) is 10.2 Å². The van der Waals surface area contributed by atoms with Crippen LogP contribution in [-0.2, 0) is 0 Å². The van der Waals surface area contributed by atoms with E-state index < -0.39 is 5.56 Å². The maximum absolute atomic E-state index is 11.2. The zero-order valence-electron chi connectivity index (χ0n) is 8.35. The summed E-state index contributed by atoms with van der Waals surface area (Å²) in [6.45, 7) is 0. The number of aromatic nitrogens is 1. The Morgan fingerprint density at radius 2 is 2.29 bits per heavy atom. The largest absolute Gasteiger partial charge is 0.506 e. The fourth-order valence-corrected chi connectivity index (χ4v) is 3.36. The van der Waals surface area contributed by atoms with Crippen molar-refractivity contribution in [3.05, 3.63) is 22.0 Å². The Hall–Kier alpha value is -1.96. The van der Waals surface area contributed by atoms with Crippen LogP contribution in [0.4, 0.5) is 0 Å². The van der Waals surface area contributed by atoms with E-state index in [1.54, 1.807) is 0 Å². The van der Waals surface area contributed by atoms with E-state index in [4.69, 9.17) is 10.5 Å². The number of thiophene rings is 1. The number of thioether (sulfide) groups is 1. The van der Waals surface area contributed by atoms with Gasteiger partial charge in [0.1, 0.15) is 17.4 Å². The highest BCUT2D eigenvalue weighted by molar-refractivity contribution is 8.01. The molecule has 7 heteroatoms. The summed E-state index contributed by atoms with van der Waals surface area (Å²) in [5.74, 6) is 0.0704. The van der Waals surface area contributed by atoms with Crippen LogP contribution >= 0.6 is 23.1 Å². The van der Waals surface area contributed by atoms with Crippen LogP contribution in [0.5, 0.6) is 5.75 Å². The quantitative estimate of drug-likeness (QED) is 0.804. The van der Waals surface area contributed by atoms with Gasteiger partial charge in [-0.05, 0) is 0 Å². The van der Waals surface area contributed by atoms with Gasteiger partial charge in [-0.1, -0.05) is 11.8 Å². The highest BCUT2D eigenvalue weighted by atomic mass is 32.2. The molecule has 2 heterocycles. The second-order valence-electron chi connectivity index (χ2n) is 3.05. The smallest absolute Gasteiger partial charge is 0.252 e. The lowest BCUT2D eigenvalue weighted by Crippen LogP contribution is -2.02. The molecule has 0 unspecified atom stereocenters. The van der Waals surface area contributed by atoms with Gasteiger partial charge in [-0.25, -0.2) is 0 Å². The Morgan fingerprint density at radius 1 is 1.53 bits per heavy atom. The first-order valence-electron chi connectivity index (χ1n) is 4.46. The average Bonchev–Trinajstić information content (AvgIpc) is 2.64. The maximum atomic E-state index is 11.2. The predicted molar refractivity (Wildman–Crippen MR) is 65.2 cm³/mol. The molecule has 0 atom stereocenters. The second kappa shape index (κ2) is 4.50. The highest BCUT2D eigenvalue weighted by Crippen LogP contribution is 2.39. The number of H-pyrrole nitrogens is 1. The summed E-state index contributed by atoms with van der Waals surface area (Å²) in [6.07, 6.45) is 0. The first-order chi connectivity index (χ1) is 8.17. The van der Waals surface area contributed by atoms with Crippen LogP contribution in [0.3, 0.4) is 0 Å². The second-order valence-corrected chi connectivity index (χ2v) is 5.31. The van der Waals surface area contributed by atoms with E-state index in [9.17, 15) is 9.90 Å². The minimum atomic E-state index is -0.457. The standard InChI is InChI=1S/C10H5N3O2S2/c11-1-2-16-10-5(4-12)8-9(17-10)6(14)3-7(15)13-8/h3H,2H2,(H2,13,14,15). The van der Waals surface area contributed by atoms with Crippen LogP contribution in [-0.4, -0.2) is 15.8 Å². The molecule has 5 nitrogen and oxygen atoms in total. The monoisotopic (exact) mass is 263 g/mol. The topological polar surface area (TPSA) is 101 Å². The number of pyridine rings is 1. The molecule has 2 rings (SSSR count). The lowest BCUT2D eigenvalue weighted by molar-refractivity contribution is 0.481. The van der Waals surface area contributed by atoms with E-state index in [2.05, 4.69) is 4.98 Å². The zero-order valence-corrected chi connectivity index (χ0v) is 9.98. The van der Waals surface area contributed by atoms with E-state index in [-0.39, 0.29) is 11.5 Å². The van der Waals surface area contributed by atoms with Gasteiger partial charge < -0.3 is 10.1 Å². The van der Waals surface area contributed by atoms with Crippen molar-refractivity contribution in [2.24, 2.45) is 0 Å². The molecule has 0 saturated heterocycles. The summed E-state index contributed by atoms with van der Waals surface area (Å²) in [5, 5.41) is 27.2. The van der Waals surface area contributed by atoms with Crippen molar-refractivity contribution in [3.8, 4) is 17.9 Å². The summed E-state index contributed by atoms with van der Waals surface area (Å²) in [5.41, 5.74) is 0.183. The molecule has 2 aromatic heterocycles. The molecule has 0 saturated carbocycles. The number of aromatic amines is 1. The summed E-state index contributed by atoms with van der Waals surface area (Å²) in [6, 6.07) is 5.01. The number of nitrogens with zero attached hydrogens (tertiary/aromatic N) is 2. The van der Waals surface area contributed by atoms with Crippen molar-refractivity contribution in [2.45, 2.75) is 4.21 Å². The molecule has 0 spiro atoms. The van der Waals surface area contributed by atoms with Gasteiger partial charge in [0, 0.05) is 6.07 Å². The van der Waals surface area contributed by atoms with Gasteiger partial charge in [0.15, 0.2) is 0 Å². The van der Waals surface area contributed by atoms with Gasteiger partial charge in [-0.3, -0.25) is 4.79 Å². The number of hydrogen-bond donors (Lipinski definition) is 2. The lowest BCUT2D eigenvalue weighted by atomic mass is 10.3. The molecule has 17 heavy (non-hydrogen) atoms. The van der Waals surface area contributed by atoms with Crippen LogP contribution in [0.15, 0.2) is 15.1 Å². The Labute approximate surface area is 104 Å². The SMILES string of the molecule is N#CCSc1sc2c(O)cc(=O)[nH]c2c1C#N. The molecular weight excluding hydrogens is 258 g/mol. The molecule has 0 amide bonds. The van der Waals surface area contributed by atoms with E-state index in [1.165, 1.54) is 23.1 Å². The van der Waals surface area contributed by atoms with Gasteiger partial charge in [-0.2, -0.15) is 10.5 Å². The van der Waals surface area contributed by atoms with Crippen LogP contribution in [0.2, 0.25) is 0 Å². The Kier molecular flexibility index (Phi) is 3.05. The molecule has 0 fully saturated rings. The maximum Gasteiger partial charge on any atom is 0.252 e. The summed E-state index contributed by atoms with van der Waals surface area (Å²) in [4.78, 5) is 13.7. The third-order valence-corrected chi connectivity index (χ3v) is 4.35. The zero-order chi connectivity index (χ0) is 12.4. The van der Waals surface area contributed by atoms with Gasteiger partial charge in [0.2, 0.25) is 0 Å². The summed E-state index contributed by atoms with van der Waals surface area (Å²) < 4.78 is 1.09. The van der Waals surface area contributed by atoms with Crippen molar-refractivity contribution in [1.82, 2.24) is 4.98 Å². The van der Waals surface area contributed by atoms with E-state index in [1.807, 2.05) is 12.1 Å². The van der Waals surface area contributed by atoms with Crippen LogP contribution < -0.4 is 5.56 Å². The summed E-state index contributed by atoms with van der Waals surface area (Å²) >= 11 is 2.41. The number of nitrogens with one attached hydrogen (secondary N) is 1. The fraction of sp³-hybridized carbons (Fsp3) is 0.100. The van der Waals surface area contributed by atoms with Crippen LogP contribution in [0.1, 0.15) is 5.56 Å². The van der Waals surface area contributed by atoms with Crippen molar-refractivity contribution in [2.75, 3.05) is 5.75 Å². The Balaban J connectivity index is 2.73. The van der Waals surface area contributed by atoms with Crippen molar-refractivity contribution < 1.29 is 5.11 Å². The average molecular weight is 263 g/mol. The number of fused-ring (bicyclic) bond motifs is 1. The van der Waals surface area contributed by atoms with Crippen LogP contribution in [0, 0.1) is 22.7 Å². The van der Waals surface area contributed by atoms with Gasteiger partial charge in [-0.15, -0.1) is 11.3 Å². The molecule has 0 aliphatic heterocycles. The third kappa shape index (κ3) is 1.98. The molecule has 0 aliphatic rings.